The largest absolute Gasteiger partial charge is 0.341 e. The predicted molar refractivity (Wildman–Crippen MR) is 120 cm³/mol. The Kier molecular flexibility index (Phi) is 5.83. The van der Waals surface area contributed by atoms with Crippen molar-refractivity contribution in [2.45, 2.75) is 19.4 Å². The number of benzene rings is 1. The van der Waals surface area contributed by atoms with Gasteiger partial charge in [0.2, 0.25) is 5.95 Å². The van der Waals surface area contributed by atoms with E-state index in [-0.39, 0.29) is 11.7 Å². The molecule has 0 radical (unpaired) electrons. The molecule has 2 amide bonds. The van der Waals surface area contributed by atoms with E-state index in [1.165, 1.54) is 21.8 Å². The molecule has 0 unspecified atom stereocenters. The van der Waals surface area contributed by atoms with Gasteiger partial charge in [0.05, 0.1) is 17.9 Å². The van der Waals surface area contributed by atoms with Crippen LogP contribution in [-0.2, 0) is 7.05 Å². The van der Waals surface area contributed by atoms with Crippen molar-refractivity contribution in [3.05, 3.63) is 53.1 Å². The molecule has 0 N–H and O–H groups in total. The number of anilines is 1. The summed E-state index contributed by atoms with van der Waals surface area (Å²) in [6, 6.07) is 2.28. The Balaban J connectivity index is 1.29. The summed E-state index contributed by atoms with van der Waals surface area (Å²) in [4.78, 5) is 25.2. The maximum Gasteiger partial charge on any atom is 0.341 e. The molecule has 3 aromatic rings. The fourth-order valence-corrected chi connectivity index (χ4v) is 4.35. The number of rotatable bonds is 3. The van der Waals surface area contributed by atoms with Crippen LogP contribution in [0.3, 0.4) is 0 Å². The standard InChI is InChI=1S/C22H22F3N9O/c1-13-20(31(2)30-29-13)19-17(25)12-26-21(28-19)32-5-7-33(8-6-32)22(35)34-18(3-4-27-34)14-9-15(23)11-16(24)10-14/h4,9-12,18H,3,5-8H2,1-2H3/t18-/m0/s1. The molecule has 182 valence electrons. The number of carbonyl (C=O) groups is 1. The second kappa shape index (κ2) is 8.96. The molecule has 2 aliphatic heterocycles. The molecule has 1 atom stereocenters. The van der Waals surface area contributed by atoms with E-state index in [0.29, 0.717) is 55.5 Å². The quantitative estimate of drug-likeness (QED) is 0.566. The summed E-state index contributed by atoms with van der Waals surface area (Å²) >= 11 is 0. The lowest BCUT2D eigenvalue weighted by atomic mass is 10.0. The first kappa shape index (κ1) is 22.7. The number of carbonyl (C=O) groups excluding carboxylic acids is 1. The zero-order valence-corrected chi connectivity index (χ0v) is 19.1. The van der Waals surface area contributed by atoms with Crippen LogP contribution in [0.15, 0.2) is 29.5 Å². The van der Waals surface area contributed by atoms with Crippen LogP contribution in [0.25, 0.3) is 11.4 Å². The lowest BCUT2D eigenvalue weighted by molar-refractivity contribution is 0.139. The highest BCUT2D eigenvalue weighted by Gasteiger charge is 2.34. The number of aromatic nitrogens is 5. The van der Waals surface area contributed by atoms with Crippen molar-refractivity contribution < 1.29 is 18.0 Å². The third-order valence-electron chi connectivity index (χ3n) is 6.08. The Labute approximate surface area is 198 Å². The van der Waals surface area contributed by atoms with Crippen molar-refractivity contribution in [3.8, 4) is 11.4 Å². The third kappa shape index (κ3) is 4.29. The SMILES string of the molecule is Cc1nnn(C)c1-c1nc(N2CCN(C(=O)N3N=CC[C@H]3c3cc(F)cc(F)c3)CC2)ncc1F. The number of halogens is 3. The topological polar surface area (TPSA) is 95.6 Å². The highest BCUT2D eigenvalue weighted by atomic mass is 19.1. The summed E-state index contributed by atoms with van der Waals surface area (Å²) < 4.78 is 43.4. The van der Waals surface area contributed by atoms with Gasteiger partial charge in [0.25, 0.3) is 0 Å². The predicted octanol–water partition coefficient (Wildman–Crippen LogP) is 2.67. The van der Waals surface area contributed by atoms with E-state index in [0.717, 1.165) is 12.3 Å². The maximum absolute atomic E-state index is 14.5. The molecular formula is C22H22F3N9O. The minimum absolute atomic E-state index is 0.107. The Morgan fingerprint density at radius 2 is 1.77 bits per heavy atom. The van der Waals surface area contributed by atoms with E-state index in [1.54, 1.807) is 25.1 Å². The van der Waals surface area contributed by atoms with Crippen LogP contribution < -0.4 is 4.90 Å². The van der Waals surface area contributed by atoms with Gasteiger partial charge >= 0.3 is 6.03 Å². The monoisotopic (exact) mass is 485 g/mol. The van der Waals surface area contributed by atoms with Gasteiger partial charge in [-0.25, -0.2) is 37.6 Å². The molecule has 0 aliphatic carbocycles. The van der Waals surface area contributed by atoms with Crippen LogP contribution >= 0.6 is 0 Å². The summed E-state index contributed by atoms with van der Waals surface area (Å²) in [5.41, 5.74) is 1.46. The number of hydrogen-bond donors (Lipinski definition) is 0. The Morgan fingerprint density at radius 1 is 1.06 bits per heavy atom. The number of amides is 2. The molecule has 2 aliphatic rings. The summed E-state index contributed by atoms with van der Waals surface area (Å²) in [5.74, 6) is -1.66. The normalized spacial score (nSPS) is 18.0. The van der Waals surface area contributed by atoms with E-state index in [1.807, 2.05) is 4.90 Å². The molecule has 1 aromatic carbocycles. The van der Waals surface area contributed by atoms with Gasteiger partial charge in [-0.05, 0) is 24.6 Å². The molecule has 0 spiro atoms. The lowest BCUT2D eigenvalue weighted by Gasteiger charge is -2.37. The summed E-state index contributed by atoms with van der Waals surface area (Å²) in [5, 5.41) is 13.3. The Bertz CT molecular complexity index is 1260. The molecule has 0 bridgehead atoms. The molecule has 4 heterocycles. The average Bonchev–Trinajstić information content (AvgIpc) is 3.45. The van der Waals surface area contributed by atoms with Crippen LogP contribution in [0.4, 0.5) is 23.9 Å². The van der Waals surface area contributed by atoms with Gasteiger partial charge < -0.3 is 9.80 Å². The number of piperazine rings is 1. The molecule has 2 aromatic heterocycles. The second-order valence-corrected chi connectivity index (χ2v) is 8.37. The molecule has 10 nitrogen and oxygen atoms in total. The molecule has 1 fully saturated rings. The minimum atomic E-state index is -0.705. The van der Waals surface area contributed by atoms with Crippen molar-refractivity contribution >= 4 is 18.2 Å². The van der Waals surface area contributed by atoms with Crippen molar-refractivity contribution in [3.63, 3.8) is 0 Å². The summed E-state index contributed by atoms with van der Waals surface area (Å²) in [6.45, 7) is 3.24. The van der Waals surface area contributed by atoms with Gasteiger partial charge in [-0.3, -0.25) is 0 Å². The second-order valence-electron chi connectivity index (χ2n) is 8.37. The molecule has 35 heavy (non-hydrogen) atoms. The van der Waals surface area contributed by atoms with Crippen molar-refractivity contribution in [1.29, 1.82) is 0 Å². The van der Waals surface area contributed by atoms with Crippen LogP contribution in [0.2, 0.25) is 0 Å². The molecule has 5 rings (SSSR count). The molecule has 1 saturated heterocycles. The molecule has 0 saturated carbocycles. The van der Waals surface area contributed by atoms with Gasteiger partial charge in [0.15, 0.2) is 5.82 Å². The number of aryl methyl sites for hydroxylation is 2. The van der Waals surface area contributed by atoms with E-state index in [9.17, 15) is 18.0 Å². The lowest BCUT2D eigenvalue weighted by Crippen LogP contribution is -2.52. The van der Waals surface area contributed by atoms with Crippen molar-refractivity contribution in [1.82, 2.24) is 34.9 Å². The zero-order valence-electron chi connectivity index (χ0n) is 19.1. The van der Waals surface area contributed by atoms with Crippen molar-refractivity contribution in [2.75, 3.05) is 31.1 Å². The van der Waals surface area contributed by atoms with Gasteiger partial charge in [0, 0.05) is 51.9 Å². The maximum atomic E-state index is 14.5. The minimum Gasteiger partial charge on any atom is -0.337 e. The summed E-state index contributed by atoms with van der Waals surface area (Å²) in [6.07, 6.45) is 3.04. The first-order chi connectivity index (χ1) is 16.8. The van der Waals surface area contributed by atoms with Crippen LogP contribution in [0.5, 0.6) is 0 Å². The highest BCUT2D eigenvalue weighted by Crippen LogP contribution is 2.31. The van der Waals surface area contributed by atoms with E-state index >= 15 is 0 Å². The number of hydrazone groups is 1. The third-order valence-corrected chi connectivity index (χ3v) is 6.08. The van der Waals surface area contributed by atoms with Gasteiger partial charge in [-0.1, -0.05) is 5.21 Å². The zero-order chi connectivity index (χ0) is 24.7. The van der Waals surface area contributed by atoms with Crippen LogP contribution in [0.1, 0.15) is 23.7 Å². The fourth-order valence-electron chi connectivity index (χ4n) is 4.35. The Morgan fingerprint density at radius 3 is 2.43 bits per heavy atom. The van der Waals surface area contributed by atoms with E-state index < -0.39 is 23.5 Å². The van der Waals surface area contributed by atoms with Crippen molar-refractivity contribution in [2.24, 2.45) is 12.1 Å². The van der Waals surface area contributed by atoms with E-state index in [2.05, 4.69) is 25.4 Å². The molecular weight excluding hydrogens is 463 g/mol. The Hall–Kier alpha value is -4.03. The number of hydrogen-bond acceptors (Lipinski definition) is 7. The summed E-state index contributed by atoms with van der Waals surface area (Å²) in [7, 11) is 1.66. The first-order valence-corrected chi connectivity index (χ1v) is 11.0. The highest BCUT2D eigenvalue weighted by molar-refractivity contribution is 5.78. The molecule has 13 heteroatoms. The number of nitrogens with zero attached hydrogens (tertiary/aromatic N) is 9. The number of urea groups is 1. The van der Waals surface area contributed by atoms with Crippen LogP contribution in [0, 0.1) is 24.4 Å². The first-order valence-electron chi connectivity index (χ1n) is 11.0. The van der Waals surface area contributed by atoms with Gasteiger partial charge in [0.1, 0.15) is 23.0 Å². The van der Waals surface area contributed by atoms with Crippen LogP contribution in [-0.4, -0.2) is 73.3 Å². The van der Waals surface area contributed by atoms with E-state index in [4.69, 9.17) is 0 Å². The van der Waals surface area contributed by atoms with Gasteiger partial charge in [-0.15, -0.1) is 5.10 Å². The van der Waals surface area contributed by atoms with Gasteiger partial charge in [-0.2, -0.15) is 5.10 Å². The smallest absolute Gasteiger partial charge is 0.337 e. The average molecular weight is 485 g/mol. The fraction of sp³-hybridized carbons (Fsp3) is 0.364.